The second-order valence-electron chi connectivity index (χ2n) is 7.57. The van der Waals surface area contributed by atoms with E-state index in [1.54, 1.807) is 0 Å². The van der Waals surface area contributed by atoms with Gasteiger partial charge in [0.1, 0.15) is 6.54 Å². The first kappa shape index (κ1) is 19.5. The lowest BCUT2D eigenvalue weighted by molar-refractivity contribution is -0.129. The number of carbonyl (C=O) groups excluding carboxylic acids is 1. The molecule has 148 valence electrons. The maximum atomic E-state index is 12.7. The lowest BCUT2D eigenvalue weighted by Crippen LogP contribution is -2.50. The lowest BCUT2D eigenvalue weighted by atomic mass is 10.0. The Morgan fingerprint density at radius 3 is 2.52 bits per heavy atom. The summed E-state index contributed by atoms with van der Waals surface area (Å²) in [5.74, 6) is 1.70. The van der Waals surface area contributed by atoms with Crippen LogP contribution < -0.4 is 10.2 Å². The molecule has 2 fully saturated rings. The molecule has 1 aromatic carbocycles. The molecule has 0 saturated carbocycles. The molecule has 2 heterocycles. The molecule has 0 aromatic heterocycles. The van der Waals surface area contributed by atoms with Crippen molar-refractivity contribution in [3.63, 3.8) is 0 Å². The Labute approximate surface area is 163 Å². The van der Waals surface area contributed by atoms with Gasteiger partial charge in [0.25, 0.3) is 0 Å². The molecule has 0 aliphatic carbocycles. The fraction of sp³-hybridized carbons (Fsp3) is 0.619. The van der Waals surface area contributed by atoms with Crippen molar-refractivity contribution < 1.29 is 4.79 Å². The number of guanidine groups is 1. The third-order valence-electron chi connectivity index (χ3n) is 5.41. The van der Waals surface area contributed by atoms with Gasteiger partial charge in [0, 0.05) is 51.5 Å². The summed E-state index contributed by atoms with van der Waals surface area (Å²) in [5, 5.41) is 3.36. The quantitative estimate of drug-likeness (QED) is 0.650. The first-order chi connectivity index (χ1) is 13.2. The number of hydrogen-bond donors (Lipinski definition) is 1. The average Bonchev–Trinajstić information content (AvgIpc) is 2.71. The number of hydrogen-bond acceptors (Lipinski definition) is 3. The number of carbonyl (C=O) groups is 1. The minimum atomic E-state index is 0.128. The van der Waals surface area contributed by atoms with Crippen molar-refractivity contribution in [2.45, 2.75) is 26.7 Å². The molecular formula is C21H33N5O. The number of likely N-dealkylation sites (tertiary alicyclic amines) is 1. The highest BCUT2D eigenvalue weighted by molar-refractivity contribution is 5.85. The highest BCUT2D eigenvalue weighted by atomic mass is 16.2. The first-order valence-corrected chi connectivity index (χ1v) is 10.3. The van der Waals surface area contributed by atoms with Gasteiger partial charge in [-0.05, 0) is 37.8 Å². The molecule has 1 aromatic rings. The number of nitrogens with zero attached hydrogens (tertiary/aromatic N) is 4. The molecule has 2 saturated heterocycles. The van der Waals surface area contributed by atoms with Crippen molar-refractivity contribution in [1.29, 1.82) is 0 Å². The predicted molar refractivity (Wildman–Crippen MR) is 111 cm³/mol. The number of benzene rings is 1. The summed E-state index contributed by atoms with van der Waals surface area (Å²) in [6.07, 6.45) is 2.47. The van der Waals surface area contributed by atoms with Crippen LogP contribution in [0.25, 0.3) is 0 Å². The first-order valence-electron chi connectivity index (χ1n) is 10.3. The molecular weight excluding hydrogens is 338 g/mol. The minimum absolute atomic E-state index is 0.128. The third kappa shape index (κ3) is 5.37. The van der Waals surface area contributed by atoms with Crippen molar-refractivity contribution in [1.82, 2.24) is 15.1 Å². The summed E-state index contributed by atoms with van der Waals surface area (Å²) in [4.78, 5) is 23.9. The molecule has 2 aliphatic rings. The van der Waals surface area contributed by atoms with E-state index in [0.29, 0.717) is 5.92 Å². The standard InChI is InChI=1S/C21H33N5O/c1-3-22-21(26-11-7-8-18(2)17-26)23-16-20(27)25-14-12-24(13-15-25)19-9-5-4-6-10-19/h4-6,9-10,18H,3,7-8,11-17H2,1-2H3,(H,22,23). The van der Waals surface area contributed by atoms with Crippen LogP contribution in [0.4, 0.5) is 5.69 Å². The number of para-hydroxylation sites is 1. The monoisotopic (exact) mass is 371 g/mol. The van der Waals surface area contributed by atoms with Gasteiger partial charge < -0.3 is 20.0 Å². The normalized spacial score (nSPS) is 21.3. The van der Waals surface area contributed by atoms with E-state index < -0.39 is 0 Å². The molecule has 0 radical (unpaired) electrons. The van der Waals surface area contributed by atoms with Crippen molar-refractivity contribution >= 4 is 17.6 Å². The van der Waals surface area contributed by atoms with E-state index in [9.17, 15) is 4.79 Å². The summed E-state index contributed by atoms with van der Waals surface area (Å²) in [6.45, 7) is 10.8. The van der Waals surface area contributed by atoms with Crippen LogP contribution in [-0.2, 0) is 4.79 Å². The largest absolute Gasteiger partial charge is 0.368 e. The Morgan fingerprint density at radius 1 is 1.11 bits per heavy atom. The van der Waals surface area contributed by atoms with Gasteiger partial charge in [-0.25, -0.2) is 4.99 Å². The minimum Gasteiger partial charge on any atom is -0.368 e. The Balaban J connectivity index is 1.52. The van der Waals surface area contributed by atoms with Crippen molar-refractivity contribution in [3.8, 4) is 0 Å². The predicted octanol–water partition coefficient (Wildman–Crippen LogP) is 2.03. The molecule has 1 atom stereocenters. The number of amides is 1. The summed E-state index contributed by atoms with van der Waals surface area (Å²) in [5.41, 5.74) is 1.23. The van der Waals surface area contributed by atoms with Crippen LogP contribution in [0.15, 0.2) is 35.3 Å². The number of piperazine rings is 1. The number of anilines is 1. The molecule has 1 unspecified atom stereocenters. The molecule has 27 heavy (non-hydrogen) atoms. The highest BCUT2D eigenvalue weighted by Crippen LogP contribution is 2.16. The molecule has 3 rings (SSSR count). The van der Waals surface area contributed by atoms with Crippen LogP contribution in [0.1, 0.15) is 26.7 Å². The van der Waals surface area contributed by atoms with Gasteiger partial charge in [-0.1, -0.05) is 25.1 Å². The highest BCUT2D eigenvalue weighted by Gasteiger charge is 2.22. The van der Waals surface area contributed by atoms with Gasteiger partial charge in [-0.2, -0.15) is 0 Å². The summed E-state index contributed by atoms with van der Waals surface area (Å²) in [7, 11) is 0. The van der Waals surface area contributed by atoms with Gasteiger partial charge >= 0.3 is 0 Å². The second kappa shape index (κ2) is 9.62. The van der Waals surface area contributed by atoms with Crippen molar-refractivity contribution in [2.24, 2.45) is 10.9 Å². The molecule has 6 heteroatoms. The zero-order valence-electron chi connectivity index (χ0n) is 16.7. The van der Waals surface area contributed by atoms with Crippen LogP contribution in [0.2, 0.25) is 0 Å². The van der Waals surface area contributed by atoms with Crippen LogP contribution in [0.5, 0.6) is 0 Å². The van der Waals surface area contributed by atoms with E-state index in [0.717, 1.165) is 51.8 Å². The maximum absolute atomic E-state index is 12.7. The average molecular weight is 372 g/mol. The topological polar surface area (TPSA) is 51.2 Å². The second-order valence-corrected chi connectivity index (χ2v) is 7.57. The van der Waals surface area contributed by atoms with E-state index in [1.807, 2.05) is 11.0 Å². The van der Waals surface area contributed by atoms with E-state index in [-0.39, 0.29) is 12.5 Å². The zero-order valence-corrected chi connectivity index (χ0v) is 16.7. The van der Waals surface area contributed by atoms with E-state index in [2.05, 4.69) is 58.2 Å². The zero-order chi connectivity index (χ0) is 19.1. The SMILES string of the molecule is CCNC(=NCC(=O)N1CCN(c2ccccc2)CC1)N1CCCC(C)C1. The summed E-state index contributed by atoms with van der Waals surface area (Å²) < 4.78 is 0. The summed E-state index contributed by atoms with van der Waals surface area (Å²) >= 11 is 0. The number of nitrogens with one attached hydrogen (secondary N) is 1. The third-order valence-corrected chi connectivity index (χ3v) is 5.41. The fourth-order valence-corrected chi connectivity index (χ4v) is 3.90. The molecule has 1 amide bonds. The van der Waals surface area contributed by atoms with Crippen molar-refractivity contribution in [3.05, 3.63) is 30.3 Å². The van der Waals surface area contributed by atoms with Crippen molar-refractivity contribution in [2.75, 3.05) is 57.3 Å². The molecule has 2 aliphatic heterocycles. The van der Waals surface area contributed by atoms with Gasteiger partial charge in [-0.15, -0.1) is 0 Å². The molecule has 0 bridgehead atoms. The van der Waals surface area contributed by atoms with Crippen LogP contribution >= 0.6 is 0 Å². The fourth-order valence-electron chi connectivity index (χ4n) is 3.90. The van der Waals surface area contributed by atoms with Crippen LogP contribution in [0, 0.1) is 5.92 Å². The van der Waals surface area contributed by atoms with E-state index in [4.69, 9.17) is 0 Å². The lowest BCUT2D eigenvalue weighted by Gasteiger charge is -2.36. The Bertz CT molecular complexity index is 625. The van der Waals surface area contributed by atoms with E-state index in [1.165, 1.54) is 18.5 Å². The Kier molecular flexibility index (Phi) is 6.96. The summed E-state index contributed by atoms with van der Waals surface area (Å²) in [6, 6.07) is 10.4. The van der Waals surface area contributed by atoms with Gasteiger partial charge in [-0.3, -0.25) is 4.79 Å². The van der Waals surface area contributed by atoms with Gasteiger partial charge in [0.05, 0.1) is 0 Å². The van der Waals surface area contributed by atoms with Crippen LogP contribution in [-0.4, -0.2) is 74.0 Å². The van der Waals surface area contributed by atoms with Crippen LogP contribution in [0.3, 0.4) is 0 Å². The maximum Gasteiger partial charge on any atom is 0.244 e. The smallest absolute Gasteiger partial charge is 0.244 e. The number of rotatable bonds is 4. The Morgan fingerprint density at radius 2 is 1.85 bits per heavy atom. The number of piperidine rings is 1. The Hall–Kier alpha value is -2.24. The number of aliphatic imine (C=N–C) groups is 1. The van der Waals surface area contributed by atoms with Gasteiger partial charge in [0.15, 0.2) is 5.96 Å². The van der Waals surface area contributed by atoms with Gasteiger partial charge in [0.2, 0.25) is 5.91 Å². The molecule has 6 nitrogen and oxygen atoms in total. The molecule has 0 spiro atoms. The van der Waals surface area contributed by atoms with E-state index >= 15 is 0 Å². The molecule has 1 N–H and O–H groups in total.